The zero-order valence-electron chi connectivity index (χ0n) is 33.8. The van der Waals surface area contributed by atoms with Crippen molar-refractivity contribution in [3.63, 3.8) is 0 Å². The second-order valence-electron chi connectivity index (χ2n) is 14.3. The van der Waals surface area contributed by atoms with Gasteiger partial charge in [-0.3, -0.25) is 28.9 Å². The number of nitrogens with one attached hydrogen (secondary N) is 2. The van der Waals surface area contributed by atoms with Crippen LogP contribution >= 0.6 is 0 Å². The van der Waals surface area contributed by atoms with E-state index in [2.05, 4.69) is 40.3 Å². The maximum Gasteiger partial charge on any atom is 0.250 e. The number of benzene rings is 2. The number of halogens is 2. The van der Waals surface area contributed by atoms with E-state index < -0.39 is 12.1 Å². The summed E-state index contributed by atoms with van der Waals surface area (Å²) >= 11 is 0. The molecule has 0 aliphatic carbocycles. The Bertz CT molecular complexity index is 2670. The van der Waals surface area contributed by atoms with Gasteiger partial charge in [-0.15, -0.1) is 0 Å². The molecule has 10 rings (SSSR count). The van der Waals surface area contributed by atoms with Crippen LogP contribution in [0.5, 0.6) is 0 Å². The number of hydrogen-bond acceptors (Lipinski definition) is 12. The van der Waals surface area contributed by atoms with Crippen molar-refractivity contribution in [1.29, 1.82) is 0 Å². The summed E-state index contributed by atoms with van der Waals surface area (Å²) in [5, 5.41) is 13.7. The molecular weight excluding hydrogens is 799 g/mol. The Morgan fingerprint density at radius 2 is 0.984 bits per heavy atom. The lowest BCUT2D eigenvalue weighted by atomic mass is 10.1. The molecule has 62 heavy (non-hydrogen) atoms. The number of H-pyrrole nitrogens is 2. The molecule has 0 bridgehead atoms. The highest BCUT2D eigenvalue weighted by Crippen LogP contribution is 2.41. The molecule has 6 aromatic heterocycles. The Morgan fingerprint density at radius 1 is 0.581 bits per heavy atom. The smallest absolute Gasteiger partial charge is 0.250 e. The lowest BCUT2D eigenvalue weighted by Gasteiger charge is -2.39. The highest BCUT2D eigenvalue weighted by Gasteiger charge is 2.40. The molecule has 8 heterocycles. The maximum absolute atomic E-state index is 13.4. The molecule has 2 aliphatic heterocycles. The lowest BCUT2D eigenvalue weighted by Crippen LogP contribution is -2.50. The van der Waals surface area contributed by atoms with Crippen molar-refractivity contribution >= 4 is 46.2 Å². The molecule has 2 aromatic carbocycles. The monoisotopic (exact) mass is 836 g/mol. The Kier molecular flexibility index (Phi) is 10.2. The van der Waals surface area contributed by atoms with Gasteiger partial charge in [-0.05, 0) is 61.4 Å². The maximum atomic E-state index is 13.4. The highest BCUT2D eigenvalue weighted by molar-refractivity contribution is 6.07. The van der Waals surface area contributed by atoms with E-state index in [0.717, 1.165) is 22.5 Å². The van der Waals surface area contributed by atoms with Crippen molar-refractivity contribution in [2.75, 3.05) is 33.7 Å². The minimum Gasteiger partial charge on any atom is -0.309 e. The number of rotatable bonds is 8. The third kappa shape index (κ3) is 6.85. The molecule has 2 atom stereocenters. The molecule has 312 valence electrons. The van der Waals surface area contributed by atoms with Gasteiger partial charge in [0.05, 0.1) is 36.2 Å². The molecule has 2 aliphatic rings. The largest absolute Gasteiger partial charge is 0.309 e. The lowest BCUT2D eigenvalue weighted by molar-refractivity contribution is -0.120. The second kappa shape index (κ2) is 16.1. The molecule has 18 nitrogen and oxygen atoms in total. The number of anilines is 6. The molecule has 0 spiro atoms. The van der Waals surface area contributed by atoms with Crippen LogP contribution < -0.4 is 19.6 Å². The number of fused-ring (bicyclic) bond motifs is 2. The van der Waals surface area contributed by atoms with Crippen LogP contribution in [0.15, 0.2) is 110 Å². The number of nitrogens with zero attached hydrogens (tertiary/aromatic N) is 14. The Balaban J connectivity index is 0.000000158. The molecule has 0 radical (unpaired) electrons. The molecule has 0 saturated carbocycles. The molecule has 0 fully saturated rings. The average Bonchev–Trinajstić information content (AvgIpc) is 4.15. The molecule has 0 saturated heterocycles. The fraction of sp³-hybridized carbons (Fsp3) is 0.190. The standard InChI is InChI=1S/2C21H19FN8O/c2*1-3-16-20(31)28(2)17-12-24-21(27-19(17)30(16)15-10-25-26-11-15)29-9-8-23-18(29)13-4-6-14(22)7-5-13/h2*4-12,16H,3H2,1-2H3,(H,25,26)/t2*16-/m10/s1. The number of hydrogen-bond donors (Lipinski definition) is 2. The van der Waals surface area contributed by atoms with Gasteiger partial charge < -0.3 is 19.6 Å². The van der Waals surface area contributed by atoms with E-state index in [1.54, 1.807) is 119 Å². The summed E-state index contributed by atoms with van der Waals surface area (Å²) in [6.45, 7) is 3.91. The van der Waals surface area contributed by atoms with Crippen molar-refractivity contribution in [3.8, 4) is 34.7 Å². The van der Waals surface area contributed by atoms with Gasteiger partial charge in [0.15, 0.2) is 11.6 Å². The third-order valence-electron chi connectivity index (χ3n) is 10.7. The van der Waals surface area contributed by atoms with Crippen LogP contribution in [0.1, 0.15) is 26.7 Å². The number of imidazole rings is 2. The van der Waals surface area contributed by atoms with Gasteiger partial charge >= 0.3 is 0 Å². The van der Waals surface area contributed by atoms with Crippen LogP contribution in [-0.4, -0.2) is 97.4 Å². The average molecular weight is 837 g/mol. The topological polar surface area (TPSA) is 192 Å². The van der Waals surface area contributed by atoms with Crippen LogP contribution in [0.2, 0.25) is 0 Å². The summed E-state index contributed by atoms with van der Waals surface area (Å²) in [5.41, 5.74) is 4.15. The van der Waals surface area contributed by atoms with Crippen molar-refractivity contribution in [2.45, 2.75) is 38.8 Å². The van der Waals surface area contributed by atoms with Gasteiger partial charge in [0.1, 0.15) is 46.7 Å². The Labute approximate surface area is 352 Å². The predicted molar refractivity (Wildman–Crippen MR) is 226 cm³/mol. The van der Waals surface area contributed by atoms with Gasteiger partial charge in [0, 0.05) is 62.4 Å². The molecule has 8 aromatic rings. The van der Waals surface area contributed by atoms with E-state index in [1.165, 1.54) is 24.3 Å². The molecule has 0 unspecified atom stereocenters. The Morgan fingerprint density at radius 3 is 1.34 bits per heavy atom. The summed E-state index contributed by atoms with van der Waals surface area (Å²) in [5.74, 6) is 2.43. The van der Waals surface area contributed by atoms with Crippen molar-refractivity contribution in [3.05, 3.63) is 122 Å². The predicted octanol–water partition coefficient (Wildman–Crippen LogP) is 6.17. The van der Waals surface area contributed by atoms with Gasteiger partial charge in [0.25, 0.3) is 0 Å². The number of likely N-dealkylation sites (N-methyl/N-ethyl adjacent to an activating group) is 2. The summed E-state index contributed by atoms with van der Waals surface area (Å²) in [7, 11) is 3.45. The highest BCUT2D eigenvalue weighted by atomic mass is 19.1. The first-order valence-electron chi connectivity index (χ1n) is 19.6. The first kappa shape index (κ1) is 39.3. The number of carbonyl (C=O) groups excluding carboxylic acids is 2. The summed E-state index contributed by atoms with van der Waals surface area (Å²) in [6.07, 6.45) is 18.0. The molecule has 20 heteroatoms. The van der Waals surface area contributed by atoms with Gasteiger partial charge in [-0.25, -0.2) is 28.7 Å². The van der Waals surface area contributed by atoms with E-state index in [4.69, 9.17) is 9.97 Å². The zero-order chi connectivity index (χ0) is 43.1. The van der Waals surface area contributed by atoms with Crippen molar-refractivity contribution in [1.82, 2.24) is 59.4 Å². The fourth-order valence-corrected chi connectivity index (χ4v) is 7.60. The van der Waals surface area contributed by atoms with Gasteiger partial charge in [0.2, 0.25) is 23.7 Å². The van der Waals surface area contributed by atoms with Crippen LogP contribution in [0.4, 0.5) is 43.2 Å². The molecular formula is C42H38F2N16O2. The molecule has 2 amide bonds. The second-order valence-corrected chi connectivity index (χ2v) is 14.3. The van der Waals surface area contributed by atoms with E-state index in [0.29, 0.717) is 59.4 Å². The quantitative estimate of drug-likeness (QED) is 0.177. The first-order chi connectivity index (χ1) is 30.2. The number of carbonyl (C=O) groups is 2. The zero-order valence-corrected chi connectivity index (χ0v) is 33.8. The first-order valence-corrected chi connectivity index (χ1v) is 19.6. The third-order valence-corrected chi connectivity index (χ3v) is 10.7. The molecule has 2 N–H and O–H groups in total. The normalized spacial score (nSPS) is 16.0. The number of aromatic amines is 2. The number of aromatic nitrogens is 12. The van der Waals surface area contributed by atoms with Gasteiger partial charge in [-0.1, -0.05) is 13.8 Å². The van der Waals surface area contributed by atoms with E-state index >= 15 is 0 Å². The van der Waals surface area contributed by atoms with E-state index in [-0.39, 0.29) is 23.4 Å². The van der Waals surface area contributed by atoms with E-state index in [9.17, 15) is 18.4 Å². The SMILES string of the molecule is CC[C@@H]1C(=O)N(C)c2cnc(-n3ccnc3-c3ccc(F)cc3)nc2N1c1cn[nH]c1.CC[C@H]1C(=O)N(C)c2cnc(-n3ccnc3-c3ccc(F)cc3)nc2N1c1cn[nH]c1. The fourth-order valence-electron chi connectivity index (χ4n) is 7.60. The van der Waals surface area contributed by atoms with Crippen LogP contribution in [-0.2, 0) is 9.59 Å². The summed E-state index contributed by atoms with van der Waals surface area (Å²) < 4.78 is 30.2. The van der Waals surface area contributed by atoms with Crippen molar-refractivity contribution in [2.24, 2.45) is 0 Å². The number of amides is 2. The van der Waals surface area contributed by atoms with Crippen LogP contribution in [0, 0.1) is 11.6 Å². The summed E-state index contributed by atoms with van der Waals surface area (Å²) in [6, 6.07) is 11.3. The Hall–Kier alpha value is -8.16. The van der Waals surface area contributed by atoms with Crippen LogP contribution in [0.3, 0.4) is 0 Å². The van der Waals surface area contributed by atoms with Gasteiger partial charge in [-0.2, -0.15) is 20.2 Å². The minimum atomic E-state index is -0.419. The summed E-state index contributed by atoms with van der Waals surface area (Å²) in [4.78, 5) is 60.2. The van der Waals surface area contributed by atoms with Crippen molar-refractivity contribution < 1.29 is 18.4 Å². The van der Waals surface area contributed by atoms with Crippen LogP contribution in [0.25, 0.3) is 34.7 Å². The van der Waals surface area contributed by atoms with E-state index in [1.807, 2.05) is 23.6 Å². The minimum absolute atomic E-state index is 0.0396.